The summed E-state index contributed by atoms with van der Waals surface area (Å²) >= 11 is 0. The highest BCUT2D eigenvalue weighted by Crippen LogP contribution is 2.76. The second-order valence-corrected chi connectivity index (χ2v) is 17.3. The van der Waals surface area contributed by atoms with Crippen LogP contribution in [-0.4, -0.2) is 26.0 Å². The number of hydrogen-bond acceptors (Lipinski definition) is 4. The highest BCUT2D eigenvalue weighted by atomic mass is 32.2. The van der Waals surface area contributed by atoms with Gasteiger partial charge in [-0.1, -0.05) is 53.7 Å². The highest BCUT2D eigenvalue weighted by Gasteiger charge is 2.70. The normalized spacial score (nSPS) is 45.5. The van der Waals surface area contributed by atoms with Gasteiger partial charge in [0.25, 0.3) is 0 Å². The smallest absolute Gasteiger partial charge is 0.380 e. The molecule has 0 bridgehead atoms. The van der Waals surface area contributed by atoms with Gasteiger partial charge in [0.1, 0.15) is 5.76 Å². The summed E-state index contributed by atoms with van der Waals surface area (Å²) in [4.78, 5) is 0. The first kappa shape index (κ1) is 31.4. The van der Waals surface area contributed by atoms with Crippen molar-refractivity contribution in [2.24, 2.45) is 51.2 Å². The average molecular weight is 600 g/mol. The molecule has 0 spiro atoms. The molecule has 0 aromatic carbocycles. The van der Waals surface area contributed by atoms with E-state index in [4.69, 9.17) is 4.18 Å². The van der Waals surface area contributed by atoms with Crippen LogP contribution in [0, 0.1) is 51.2 Å². The van der Waals surface area contributed by atoms with Crippen LogP contribution in [0.5, 0.6) is 0 Å². The lowest BCUT2D eigenvalue weighted by Gasteiger charge is -2.72. The lowest BCUT2D eigenvalue weighted by molar-refractivity contribution is -0.223. The third kappa shape index (κ3) is 4.33. The second-order valence-electron chi connectivity index (χ2n) is 15.7. The quantitative estimate of drug-likeness (QED) is 0.188. The molecule has 0 aromatic rings. The number of hydrogen-bond donors (Lipinski definition) is 1. The zero-order chi connectivity index (χ0) is 30.4. The van der Waals surface area contributed by atoms with Gasteiger partial charge in [-0.15, -0.1) is 0 Å². The van der Waals surface area contributed by atoms with E-state index in [1.807, 2.05) is 13.8 Å². The predicted molar refractivity (Wildman–Crippen MR) is 157 cm³/mol. The van der Waals surface area contributed by atoms with Gasteiger partial charge in [-0.05, 0) is 130 Å². The maximum absolute atomic E-state index is 13.2. The Kier molecular flexibility index (Phi) is 7.46. The van der Waals surface area contributed by atoms with E-state index in [2.05, 4.69) is 46.5 Å². The molecule has 0 saturated heterocycles. The van der Waals surface area contributed by atoms with Gasteiger partial charge < -0.3 is 9.50 Å². The van der Waals surface area contributed by atoms with E-state index in [0.717, 1.165) is 32.2 Å². The van der Waals surface area contributed by atoms with Gasteiger partial charge in [-0.2, -0.15) is 21.6 Å². The molecule has 234 valence electrons. The first-order valence-corrected chi connectivity index (χ1v) is 17.3. The SMILES string of the molecule is C=C(C)[C@@H]1CC[C@]2(NCCC)CC[C@]3(C)[C@H](CC[C@@H]4[C@@]5(C)CC=C(OS(=O)(=O)C(F)(F)F)C(C)(C)[C@@H]5CC[C@]43C)[C@@H]12. The number of alkyl halides is 3. The Bertz CT molecular complexity index is 1210. The zero-order valence-electron chi connectivity index (χ0n) is 26.2. The predicted octanol–water partition coefficient (Wildman–Crippen LogP) is 8.76. The van der Waals surface area contributed by atoms with Crippen molar-refractivity contribution in [1.82, 2.24) is 5.32 Å². The van der Waals surface area contributed by atoms with Gasteiger partial charge in [0.15, 0.2) is 0 Å². The van der Waals surface area contributed by atoms with Crippen molar-refractivity contribution in [3.05, 3.63) is 24.0 Å². The zero-order valence-corrected chi connectivity index (χ0v) is 27.0. The summed E-state index contributed by atoms with van der Waals surface area (Å²) in [6.07, 6.45) is 12.3. The van der Waals surface area contributed by atoms with Gasteiger partial charge in [0.05, 0.1) is 0 Å². The van der Waals surface area contributed by atoms with Crippen LogP contribution < -0.4 is 5.32 Å². The van der Waals surface area contributed by atoms with E-state index < -0.39 is 21.0 Å². The molecule has 5 aliphatic carbocycles. The Morgan fingerprint density at radius 2 is 1.68 bits per heavy atom. The van der Waals surface area contributed by atoms with E-state index >= 15 is 0 Å². The summed E-state index contributed by atoms with van der Waals surface area (Å²) in [7, 11) is -5.70. The molecule has 9 atom stereocenters. The fraction of sp³-hybridized carbons (Fsp3) is 0.879. The van der Waals surface area contributed by atoms with Crippen LogP contribution in [0.15, 0.2) is 24.0 Å². The van der Waals surface area contributed by atoms with Crippen molar-refractivity contribution >= 4 is 10.1 Å². The Balaban J connectivity index is 1.50. The number of halogens is 3. The van der Waals surface area contributed by atoms with Crippen LogP contribution in [0.25, 0.3) is 0 Å². The number of fused-ring (bicyclic) bond motifs is 7. The highest BCUT2D eigenvalue weighted by molar-refractivity contribution is 7.87. The molecule has 0 unspecified atom stereocenters. The van der Waals surface area contributed by atoms with E-state index in [1.165, 1.54) is 37.7 Å². The Hall–Kier alpha value is -1.02. The first-order valence-electron chi connectivity index (χ1n) is 15.9. The Morgan fingerprint density at radius 1 is 1.00 bits per heavy atom. The minimum absolute atomic E-state index is 0.0412. The maximum atomic E-state index is 13.2. The van der Waals surface area contributed by atoms with Crippen LogP contribution in [0.4, 0.5) is 13.2 Å². The molecule has 5 aliphatic rings. The molecule has 0 heterocycles. The summed E-state index contributed by atoms with van der Waals surface area (Å²) in [5, 5.41) is 4.07. The van der Waals surface area contributed by atoms with Crippen molar-refractivity contribution in [2.45, 2.75) is 124 Å². The molecule has 0 radical (unpaired) electrons. The lowest BCUT2D eigenvalue weighted by Crippen LogP contribution is -2.68. The van der Waals surface area contributed by atoms with Crippen molar-refractivity contribution in [2.75, 3.05) is 6.54 Å². The Labute approximate surface area is 246 Å². The number of nitrogens with one attached hydrogen (secondary N) is 1. The fourth-order valence-electron chi connectivity index (χ4n) is 11.7. The van der Waals surface area contributed by atoms with Gasteiger partial charge in [0, 0.05) is 11.0 Å². The van der Waals surface area contributed by atoms with Crippen molar-refractivity contribution in [3.8, 4) is 0 Å². The molecule has 1 N–H and O–H groups in total. The molecule has 4 saturated carbocycles. The van der Waals surface area contributed by atoms with Crippen LogP contribution in [0.3, 0.4) is 0 Å². The molecule has 4 fully saturated rings. The standard InChI is InChI=1S/C33H52F3NO3S/c1-9-20-37-32-17-12-22(21(2)3)27(32)23-10-11-25-29(6)15-14-26(40-41(38,39)33(34,35)36)28(4,5)24(29)13-16-31(25,8)30(23,7)18-19-32/h14,22-25,27,37H,2,9-13,15-20H2,1,3-8H3/t22-,23+,24-,25+,27+,29-,30+,31+,32-/m0/s1. The van der Waals surface area contributed by atoms with E-state index in [-0.39, 0.29) is 33.5 Å². The molecule has 4 nitrogen and oxygen atoms in total. The third-order valence-electron chi connectivity index (χ3n) is 13.8. The van der Waals surface area contributed by atoms with E-state index in [9.17, 15) is 21.6 Å². The minimum atomic E-state index is -5.70. The van der Waals surface area contributed by atoms with Crippen LogP contribution in [0.1, 0.15) is 113 Å². The molecule has 0 aliphatic heterocycles. The molecule has 0 aromatic heterocycles. The van der Waals surface area contributed by atoms with E-state index in [0.29, 0.717) is 30.1 Å². The van der Waals surface area contributed by atoms with Crippen molar-refractivity contribution < 1.29 is 25.8 Å². The topological polar surface area (TPSA) is 55.4 Å². The van der Waals surface area contributed by atoms with Crippen LogP contribution in [0.2, 0.25) is 0 Å². The monoisotopic (exact) mass is 599 g/mol. The van der Waals surface area contributed by atoms with E-state index in [1.54, 1.807) is 6.08 Å². The third-order valence-corrected chi connectivity index (χ3v) is 14.7. The van der Waals surface area contributed by atoms with Gasteiger partial charge >= 0.3 is 15.6 Å². The van der Waals surface area contributed by atoms with Crippen molar-refractivity contribution in [1.29, 1.82) is 0 Å². The summed E-state index contributed by atoms with van der Waals surface area (Å²) in [5.41, 5.74) is -4.62. The summed E-state index contributed by atoms with van der Waals surface area (Å²) in [6, 6.07) is 0. The number of rotatable bonds is 6. The van der Waals surface area contributed by atoms with Crippen LogP contribution in [-0.2, 0) is 14.3 Å². The molecule has 8 heteroatoms. The average Bonchev–Trinajstić information content (AvgIpc) is 3.24. The van der Waals surface area contributed by atoms with Crippen LogP contribution >= 0.6 is 0 Å². The van der Waals surface area contributed by atoms with Gasteiger partial charge in [0.2, 0.25) is 0 Å². The largest absolute Gasteiger partial charge is 0.534 e. The second kappa shape index (κ2) is 9.74. The van der Waals surface area contributed by atoms with Crippen molar-refractivity contribution in [3.63, 3.8) is 0 Å². The molecule has 0 amide bonds. The maximum Gasteiger partial charge on any atom is 0.534 e. The number of allylic oxidation sites excluding steroid dienone is 3. The van der Waals surface area contributed by atoms with Gasteiger partial charge in [-0.25, -0.2) is 0 Å². The van der Waals surface area contributed by atoms with Gasteiger partial charge in [-0.3, -0.25) is 0 Å². The summed E-state index contributed by atoms with van der Waals surface area (Å²) in [6.45, 7) is 21.2. The lowest BCUT2D eigenvalue weighted by atomic mass is 9.33. The summed E-state index contributed by atoms with van der Waals surface area (Å²) in [5.74, 6) is 2.15. The molecular weight excluding hydrogens is 547 g/mol. The summed E-state index contributed by atoms with van der Waals surface area (Å²) < 4.78 is 68.5. The molecular formula is C33H52F3NO3S. The molecule has 41 heavy (non-hydrogen) atoms. The fourth-order valence-corrected chi connectivity index (χ4v) is 12.3. The first-order chi connectivity index (χ1) is 18.8. The molecule has 5 rings (SSSR count). The Morgan fingerprint density at radius 3 is 2.29 bits per heavy atom. The minimum Gasteiger partial charge on any atom is -0.380 e.